The molecule has 0 radical (unpaired) electrons. The normalized spacial score (nSPS) is 12.0. The van der Waals surface area contributed by atoms with E-state index in [1.165, 1.54) is 22.9 Å². The minimum Gasteiger partial charge on any atom is -0.350 e. The third-order valence-electron chi connectivity index (χ3n) is 3.42. The van der Waals surface area contributed by atoms with Crippen molar-refractivity contribution in [3.63, 3.8) is 0 Å². The van der Waals surface area contributed by atoms with Gasteiger partial charge in [-0.15, -0.1) is 0 Å². The summed E-state index contributed by atoms with van der Waals surface area (Å²) in [4.78, 5) is 24.2. The molecule has 0 aliphatic carbocycles. The molecule has 0 fully saturated rings. The van der Waals surface area contributed by atoms with Crippen LogP contribution in [0.5, 0.6) is 0 Å². The number of carbonyl (C=O) groups is 1. The van der Waals surface area contributed by atoms with Crippen molar-refractivity contribution >= 4 is 5.91 Å². The molecular formula is C16H19FN4O2. The van der Waals surface area contributed by atoms with Gasteiger partial charge in [-0.1, -0.05) is 19.1 Å². The number of nitrogens with one attached hydrogen (secondary N) is 1. The van der Waals surface area contributed by atoms with Gasteiger partial charge in [0.2, 0.25) is 5.43 Å². The lowest BCUT2D eigenvalue weighted by molar-refractivity contribution is 0.0940. The number of carbonyl (C=O) groups excluding carboxylic acids is 1. The average Bonchev–Trinajstić information content (AvgIpc) is 2.53. The quantitative estimate of drug-likeness (QED) is 0.861. The number of amides is 1. The van der Waals surface area contributed by atoms with E-state index in [-0.39, 0.29) is 17.3 Å². The number of rotatable bonds is 5. The van der Waals surface area contributed by atoms with Gasteiger partial charge in [0, 0.05) is 18.3 Å². The van der Waals surface area contributed by atoms with Crippen LogP contribution in [0.15, 0.2) is 35.1 Å². The maximum absolute atomic E-state index is 13.9. The Bertz CT molecular complexity index is 773. The van der Waals surface area contributed by atoms with Crippen LogP contribution in [0.25, 0.3) is 5.69 Å². The summed E-state index contributed by atoms with van der Waals surface area (Å²) < 4.78 is 15.2. The highest BCUT2D eigenvalue weighted by Crippen LogP contribution is 2.13. The first-order chi connectivity index (χ1) is 10.9. The zero-order valence-electron chi connectivity index (χ0n) is 13.0. The van der Waals surface area contributed by atoms with E-state index in [1.54, 1.807) is 19.1 Å². The van der Waals surface area contributed by atoms with E-state index in [9.17, 15) is 14.0 Å². The Morgan fingerprint density at radius 1 is 1.43 bits per heavy atom. The number of para-hydroxylation sites is 1. The van der Waals surface area contributed by atoms with Crippen molar-refractivity contribution in [1.29, 1.82) is 0 Å². The molecular weight excluding hydrogens is 299 g/mol. The first-order valence-electron chi connectivity index (χ1n) is 7.28. The summed E-state index contributed by atoms with van der Waals surface area (Å²) in [7, 11) is 0. The SMILES string of the molecule is Cc1cc(=O)c(C(=O)NCC(C)CN)nn1-c1ccccc1F. The third kappa shape index (κ3) is 3.81. The minimum absolute atomic E-state index is 0.0817. The van der Waals surface area contributed by atoms with E-state index < -0.39 is 17.2 Å². The summed E-state index contributed by atoms with van der Waals surface area (Å²) in [5.74, 6) is -1.01. The zero-order chi connectivity index (χ0) is 17.0. The van der Waals surface area contributed by atoms with Gasteiger partial charge >= 0.3 is 0 Å². The molecule has 0 spiro atoms. The molecule has 0 bridgehead atoms. The van der Waals surface area contributed by atoms with E-state index >= 15 is 0 Å². The molecule has 0 aliphatic rings. The second kappa shape index (κ2) is 7.15. The van der Waals surface area contributed by atoms with Crippen molar-refractivity contribution in [2.45, 2.75) is 13.8 Å². The van der Waals surface area contributed by atoms with E-state index in [1.807, 2.05) is 6.92 Å². The van der Waals surface area contributed by atoms with Crippen molar-refractivity contribution in [2.75, 3.05) is 13.1 Å². The summed E-state index contributed by atoms with van der Waals surface area (Å²) in [5, 5.41) is 6.64. The highest BCUT2D eigenvalue weighted by atomic mass is 19.1. The Morgan fingerprint density at radius 3 is 2.78 bits per heavy atom. The van der Waals surface area contributed by atoms with E-state index in [0.29, 0.717) is 18.8 Å². The summed E-state index contributed by atoms with van der Waals surface area (Å²) in [6, 6.07) is 7.29. The molecule has 3 N–H and O–H groups in total. The van der Waals surface area contributed by atoms with Crippen LogP contribution in [-0.4, -0.2) is 28.8 Å². The molecule has 1 aromatic carbocycles. The molecule has 1 atom stereocenters. The fourth-order valence-corrected chi connectivity index (χ4v) is 2.01. The first-order valence-corrected chi connectivity index (χ1v) is 7.28. The number of hydrogen-bond donors (Lipinski definition) is 2. The number of halogens is 1. The summed E-state index contributed by atoms with van der Waals surface area (Å²) in [6.45, 7) is 4.25. The van der Waals surface area contributed by atoms with Crippen molar-refractivity contribution in [1.82, 2.24) is 15.1 Å². The Balaban J connectivity index is 2.39. The molecule has 0 aliphatic heterocycles. The molecule has 1 unspecified atom stereocenters. The standard InChI is InChI=1S/C16H19FN4O2/c1-10(8-18)9-19-16(23)15-14(22)7-11(2)21(20-15)13-6-4-3-5-12(13)17/h3-7,10H,8-9,18H2,1-2H3,(H,19,23). The van der Waals surface area contributed by atoms with Crippen LogP contribution in [0.4, 0.5) is 4.39 Å². The van der Waals surface area contributed by atoms with Gasteiger partial charge in [0.05, 0.1) is 0 Å². The van der Waals surface area contributed by atoms with Crippen LogP contribution >= 0.6 is 0 Å². The van der Waals surface area contributed by atoms with Gasteiger partial charge in [-0.05, 0) is 31.5 Å². The van der Waals surface area contributed by atoms with Gasteiger partial charge in [0.1, 0.15) is 11.5 Å². The summed E-state index contributed by atoms with van der Waals surface area (Å²) in [5.41, 5.74) is 5.32. The highest BCUT2D eigenvalue weighted by Gasteiger charge is 2.16. The molecule has 0 saturated heterocycles. The van der Waals surface area contributed by atoms with E-state index in [0.717, 1.165) is 0 Å². The van der Waals surface area contributed by atoms with Crippen molar-refractivity contribution in [2.24, 2.45) is 11.7 Å². The Hall–Kier alpha value is -2.54. The predicted octanol–water partition coefficient (Wildman–Crippen LogP) is 1.00. The molecule has 122 valence electrons. The predicted molar refractivity (Wildman–Crippen MR) is 85.1 cm³/mol. The van der Waals surface area contributed by atoms with Crippen LogP contribution < -0.4 is 16.5 Å². The summed E-state index contributed by atoms with van der Waals surface area (Å²) in [6.07, 6.45) is 0. The Labute approximate surface area is 133 Å². The molecule has 6 nitrogen and oxygen atoms in total. The molecule has 7 heteroatoms. The molecule has 2 rings (SSSR count). The lowest BCUT2D eigenvalue weighted by Gasteiger charge is -2.13. The van der Waals surface area contributed by atoms with Crippen LogP contribution in [0.2, 0.25) is 0 Å². The van der Waals surface area contributed by atoms with Crippen LogP contribution in [-0.2, 0) is 0 Å². The van der Waals surface area contributed by atoms with Crippen molar-refractivity contribution in [3.05, 3.63) is 57.8 Å². The lowest BCUT2D eigenvalue weighted by Crippen LogP contribution is -2.35. The smallest absolute Gasteiger partial charge is 0.275 e. The maximum Gasteiger partial charge on any atom is 0.275 e. The number of nitrogens with zero attached hydrogens (tertiary/aromatic N) is 2. The van der Waals surface area contributed by atoms with Gasteiger partial charge < -0.3 is 11.1 Å². The second-order valence-electron chi connectivity index (χ2n) is 5.41. The van der Waals surface area contributed by atoms with E-state index in [4.69, 9.17) is 5.73 Å². The maximum atomic E-state index is 13.9. The van der Waals surface area contributed by atoms with Gasteiger partial charge in [-0.2, -0.15) is 5.10 Å². The largest absolute Gasteiger partial charge is 0.350 e. The van der Waals surface area contributed by atoms with Gasteiger partial charge in [0.25, 0.3) is 5.91 Å². The molecule has 1 aromatic heterocycles. The fourth-order valence-electron chi connectivity index (χ4n) is 2.01. The van der Waals surface area contributed by atoms with Crippen molar-refractivity contribution < 1.29 is 9.18 Å². The molecule has 23 heavy (non-hydrogen) atoms. The molecule has 1 heterocycles. The number of nitrogens with two attached hydrogens (primary N) is 1. The van der Waals surface area contributed by atoms with Gasteiger partial charge in [0.15, 0.2) is 5.69 Å². The third-order valence-corrected chi connectivity index (χ3v) is 3.42. The monoisotopic (exact) mass is 318 g/mol. The lowest BCUT2D eigenvalue weighted by atomic mass is 10.2. The van der Waals surface area contributed by atoms with E-state index in [2.05, 4.69) is 10.4 Å². The van der Waals surface area contributed by atoms with Crippen molar-refractivity contribution in [3.8, 4) is 5.69 Å². The van der Waals surface area contributed by atoms with Crippen LogP contribution in [0.3, 0.4) is 0 Å². The number of aromatic nitrogens is 2. The molecule has 1 amide bonds. The number of aryl methyl sites for hydroxylation is 1. The molecule has 2 aromatic rings. The van der Waals surface area contributed by atoms with Gasteiger partial charge in [-0.3, -0.25) is 9.59 Å². The van der Waals surface area contributed by atoms with Gasteiger partial charge in [-0.25, -0.2) is 9.07 Å². The number of hydrogen-bond acceptors (Lipinski definition) is 4. The highest BCUT2D eigenvalue weighted by molar-refractivity contribution is 5.92. The first kappa shape index (κ1) is 16.8. The fraction of sp³-hybridized carbons (Fsp3) is 0.312. The topological polar surface area (TPSA) is 90.0 Å². The minimum atomic E-state index is -0.597. The van der Waals surface area contributed by atoms with Crippen LogP contribution in [0, 0.1) is 18.7 Å². The zero-order valence-corrected chi connectivity index (χ0v) is 13.0. The second-order valence-corrected chi connectivity index (χ2v) is 5.41. The molecule has 0 saturated carbocycles. The Kier molecular flexibility index (Phi) is 5.23. The average molecular weight is 318 g/mol. The Morgan fingerprint density at radius 2 is 2.13 bits per heavy atom. The van der Waals surface area contributed by atoms with Crippen LogP contribution in [0.1, 0.15) is 23.1 Å². The summed E-state index contributed by atoms with van der Waals surface area (Å²) >= 11 is 0. The number of benzene rings is 1.